The van der Waals surface area contributed by atoms with Crippen LogP contribution in [0.25, 0.3) is 0 Å². The molecule has 2 rings (SSSR count). The van der Waals surface area contributed by atoms with Gasteiger partial charge in [-0.25, -0.2) is 8.42 Å². The minimum Gasteiger partial charge on any atom is -0.481 e. The largest absolute Gasteiger partial charge is 0.481 e. The van der Waals surface area contributed by atoms with Crippen LogP contribution in [0.5, 0.6) is 0 Å². The number of carboxylic acid groups (broad SMARTS) is 1. The van der Waals surface area contributed by atoms with E-state index in [1.54, 1.807) is 32.0 Å². The monoisotopic (exact) mass is 496 g/mol. The van der Waals surface area contributed by atoms with Gasteiger partial charge in [-0.2, -0.15) is 0 Å². The Hall–Kier alpha value is -0.630. The molecule has 4 nitrogen and oxygen atoms in total. The van der Waals surface area contributed by atoms with Crippen molar-refractivity contribution in [2.24, 2.45) is 11.3 Å². The maximum absolute atomic E-state index is 12.8. The van der Waals surface area contributed by atoms with E-state index in [1.165, 1.54) is 12.2 Å². The van der Waals surface area contributed by atoms with Crippen LogP contribution in [0.15, 0.2) is 44.2 Å². The summed E-state index contributed by atoms with van der Waals surface area (Å²) in [7, 11) is -3.65. The fraction of sp³-hybridized carbons (Fsp3) is 0.312. The molecule has 0 bridgehead atoms. The van der Waals surface area contributed by atoms with E-state index in [1.807, 2.05) is 0 Å². The Morgan fingerprint density at radius 3 is 2.54 bits per heavy atom. The first kappa shape index (κ1) is 19.7. The number of halogens is 3. The highest BCUT2D eigenvalue weighted by atomic mass is 79.9. The van der Waals surface area contributed by atoms with Gasteiger partial charge in [0.25, 0.3) is 0 Å². The van der Waals surface area contributed by atoms with Crippen LogP contribution < -0.4 is 0 Å². The zero-order valence-corrected chi connectivity index (χ0v) is 17.6. The standard InChI is InChI=1S/C16H15Br2ClO4S/c1-9-5-14(13(18)7-16(9,2)15(20)21)24(22,23)8-10-3-4-11(19)6-12(10)17/h3-7,9H,8H2,1-2H3,(H,20,21). The summed E-state index contributed by atoms with van der Waals surface area (Å²) in [6, 6.07) is 4.91. The maximum Gasteiger partial charge on any atom is 0.313 e. The topological polar surface area (TPSA) is 71.4 Å². The fourth-order valence-corrected chi connectivity index (χ4v) is 6.32. The van der Waals surface area contributed by atoms with Gasteiger partial charge < -0.3 is 5.11 Å². The lowest BCUT2D eigenvalue weighted by molar-refractivity contribution is -0.146. The van der Waals surface area contributed by atoms with Gasteiger partial charge in [0, 0.05) is 14.0 Å². The second kappa shape index (κ2) is 6.94. The third kappa shape index (κ3) is 3.79. The lowest BCUT2D eigenvalue weighted by Crippen LogP contribution is -2.34. The molecule has 8 heteroatoms. The van der Waals surface area contributed by atoms with E-state index in [-0.39, 0.29) is 15.1 Å². The number of sulfone groups is 1. The Balaban J connectivity index is 2.40. The molecular formula is C16H15Br2ClO4S. The molecule has 1 aliphatic rings. The molecule has 0 radical (unpaired) electrons. The van der Waals surface area contributed by atoms with Crippen molar-refractivity contribution in [3.05, 3.63) is 54.8 Å². The lowest BCUT2D eigenvalue weighted by Gasteiger charge is -2.31. The molecule has 0 amide bonds. The molecule has 1 N–H and O–H groups in total. The quantitative estimate of drug-likeness (QED) is 0.640. The second-order valence-corrected chi connectivity index (χ2v) is 10.00. The summed E-state index contributed by atoms with van der Waals surface area (Å²) in [6.45, 7) is 3.26. The molecule has 2 unspecified atom stereocenters. The third-order valence-electron chi connectivity index (χ3n) is 4.17. The Labute approximate surface area is 162 Å². The number of allylic oxidation sites excluding steroid dienone is 2. The molecule has 2 atom stereocenters. The molecule has 24 heavy (non-hydrogen) atoms. The van der Waals surface area contributed by atoms with E-state index in [4.69, 9.17) is 11.6 Å². The predicted molar refractivity (Wildman–Crippen MR) is 102 cm³/mol. The molecule has 130 valence electrons. The van der Waals surface area contributed by atoms with Crippen LogP contribution in [0.1, 0.15) is 19.4 Å². The normalized spacial score (nSPS) is 24.3. The summed E-state index contributed by atoms with van der Waals surface area (Å²) in [6.07, 6.45) is 2.95. The molecule has 1 aromatic carbocycles. The first-order valence-electron chi connectivity index (χ1n) is 6.98. The number of aliphatic carboxylic acids is 1. The highest BCUT2D eigenvalue weighted by Gasteiger charge is 2.41. The van der Waals surface area contributed by atoms with Crippen molar-refractivity contribution >= 4 is 59.3 Å². The van der Waals surface area contributed by atoms with E-state index in [0.29, 0.717) is 15.1 Å². The number of hydrogen-bond acceptors (Lipinski definition) is 3. The van der Waals surface area contributed by atoms with Gasteiger partial charge in [-0.15, -0.1) is 0 Å². The Morgan fingerprint density at radius 1 is 1.38 bits per heavy atom. The van der Waals surface area contributed by atoms with Crippen LogP contribution in [0.3, 0.4) is 0 Å². The number of hydrogen-bond donors (Lipinski definition) is 1. The van der Waals surface area contributed by atoms with E-state index in [9.17, 15) is 18.3 Å². The van der Waals surface area contributed by atoms with Gasteiger partial charge in [0.2, 0.25) is 0 Å². The van der Waals surface area contributed by atoms with Crippen LogP contribution in [0.4, 0.5) is 0 Å². The summed E-state index contributed by atoms with van der Waals surface area (Å²) in [5, 5.41) is 9.92. The predicted octanol–water partition coefficient (Wildman–Crippen LogP) is 4.92. The fourth-order valence-electron chi connectivity index (χ4n) is 2.38. The second-order valence-electron chi connectivity index (χ2n) is 5.89. The maximum atomic E-state index is 12.8. The summed E-state index contributed by atoms with van der Waals surface area (Å²) >= 11 is 12.4. The van der Waals surface area contributed by atoms with E-state index < -0.39 is 27.1 Å². The van der Waals surface area contributed by atoms with E-state index in [0.717, 1.165) is 0 Å². The zero-order valence-electron chi connectivity index (χ0n) is 12.9. The first-order chi connectivity index (χ1) is 11.0. The smallest absolute Gasteiger partial charge is 0.313 e. The minimum absolute atomic E-state index is 0.107. The van der Waals surface area contributed by atoms with Crippen molar-refractivity contribution in [3.63, 3.8) is 0 Å². The Kier molecular flexibility index (Phi) is 5.69. The molecule has 0 heterocycles. The van der Waals surface area contributed by atoms with Crippen LogP contribution >= 0.6 is 43.5 Å². The molecule has 1 aliphatic carbocycles. The zero-order chi connectivity index (χ0) is 18.3. The van der Waals surface area contributed by atoms with Crippen LogP contribution in [0.2, 0.25) is 5.02 Å². The SMILES string of the molecule is CC1C=C(S(=O)(=O)Cc2ccc(Cl)cc2Br)C(Br)=CC1(C)C(=O)O. The van der Waals surface area contributed by atoms with Gasteiger partial charge in [0.15, 0.2) is 9.84 Å². The van der Waals surface area contributed by atoms with Crippen molar-refractivity contribution in [3.8, 4) is 0 Å². The summed E-state index contributed by atoms with van der Waals surface area (Å²) < 4.78 is 26.5. The highest BCUT2D eigenvalue weighted by molar-refractivity contribution is 9.12. The van der Waals surface area contributed by atoms with Gasteiger partial charge >= 0.3 is 5.97 Å². The molecule has 0 saturated heterocycles. The minimum atomic E-state index is -3.65. The lowest BCUT2D eigenvalue weighted by atomic mass is 9.75. The van der Waals surface area contributed by atoms with Gasteiger partial charge in [-0.3, -0.25) is 4.79 Å². The van der Waals surface area contributed by atoms with Crippen LogP contribution in [-0.4, -0.2) is 19.5 Å². The van der Waals surface area contributed by atoms with E-state index >= 15 is 0 Å². The summed E-state index contributed by atoms with van der Waals surface area (Å²) in [5.74, 6) is -1.68. The van der Waals surface area contributed by atoms with Crippen molar-refractivity contribution < 1.29 is 18.3 Å². The van der Waals surface area contributed by atoms with Gasteiger partial charge in [0.1, 0.15) is 0 Å². The average Bonchev–Trinajstić information content (AvgIpc) is 2.45. The van der Waals surface area contributed by atoms with Gasteiger partial charge in [-0.1, -0.05) is 52.7 Å². The first-order valence-corrected chi connectivity index (χ1v) is 10.6. The van der Waals surface area contributed by atoms with Crippen molar-refractivity contribution in [2.75, 3.05) is 0 Å². The van der Waals surface area contributed by atoms with E-state index in [2.05, 4.69) is 31.9 Å². The van der Waals surface area contributed by atoms with Crippen molar-refractivity contribution in [1.29, 1.82) is 0 Å². The number of benzene rings is 1. The van der Waals surface area contributed by atoms with Crippen molar-refractivity contribution in [1.82, 2.24) is 0 Å². The van der Waals surface area contributed by atoms with Crippen LogP contribution in [0, 0.1) is 11.3 Å². The summed E-state index contributed by atoms with van der Waals surface area (Å²) in [5.41, 5.74) is -0.571. The van der Waals surface area contributed by atoms with Gasteiger partial charge in [0.05, 0.1) is 16.1 Å². The highest BCUT2D eigenvalue weighted by Crippen LogP contribution is 2.42. The molecular weight excluding hydrogens is 484 g/mol. The third-order valence-corrected chi connectivity index (χ3v) is 7.77. The molecule has 0 aliphatic heterocycles. The molecule has 1 aromatic rings. The molecule has 0 fully saturated rings. The molecule has 0 saturated carbocycles. The molecule has 0 aromatic heterocycles. The Bertz CT molecular complexity index is 861. The average molecular weight is 499 g/mol. The number of rotatable bonds is 4. The number of carboxylic acids is 1. The van der Waals surface area contributed by atoms with Gasteiger partial charge in [-0.05, 0) is 46.5 Å². The number of carbonyl (C=O) groups is 1. The Morgan fingerprint density at radius 2 is 2.00 bits per heavy atom. The van der Waals surface area contributed by atoms with Crippen molar-refractivity contribution in [2.45, 2.75) is 19.6 Å². The van der Waals surface area contributed by atoms with Crippen LogP contribution in [-0.2, 0) is 20.4 Å². The molecule has 0 spiro atoms. The summed E-state index contributed by atoms with van der Waals surface area (Å²) in [4.78, 5) is 11.6.